The topological polar surface area (TPSA) is 41.6 Å². The Morgan fingerprint density at radius 2 is 1.70 bits per heavy atom. The van der Waals surface area contributed by atoms with Crippen molar-refractivity contribution in [2.45, 2.75) is 96.8 Å². The number of ether oxygens (including phenoxy) is 1. The number of benzene rings is 2. The Labute approximate surface area is 223 Å². The normalized spacial score (nSPS) is 18.1. The first-order valence-electron chi connectivity index (χ1n) is 14.8. The van der Waals surface area contributed by atoms with E-state index in [4.69, 9.17) is 4.74 Å². The number of carbonyl (C=O) groups is 1. The lowest BCUT2D eigenvalue weighted by Crippen LogP contribution is -2.30. The van der Waals surface area contributed by atoms with E-state index in [9.17, 15) is 4.79 Å². The lowest BCUT2D eigenvalue weighted by atomic mass is 9.86. The van der Waals surface area contributed by atoms with E-state index in [1.807, 2.05) is 6.07 Å². The monoisotopic (exact) mass is 500 g/mol. The van der Waals surface area contributed by atoms with Gasteiger partial charge in [-0.1, -0.05) is 62.8 Å². The van der Waals surface area contributed by atoms with Gasteiger partial charge in [0, 0.05) is 30.4 Å². The first-order valence-corrected chi connectivity index (χ1v) is 14.8. The van der Waals surface area contributed by atoms with Crippen molar-refractivity contribution in [1.82, 2.24) is 0 Å². The Morgan fingerprint density at radius 1 is 0.946 bits per heavy atom. The molecule has 1 amide bonds. The number of fused-ring (bicyclic) bond motifs is 3. The number of hydrogen-bond acceptors (Lipinski definition) is 3. The number of aryl methyl sites for hydroxylation is 3. The summed E-state index contributed by atoms with van der Waals surface area (Å²) in [6.07, 6.45) is 17.0. The second-order valence-corrected chi connectivity index (χ2v) is 11.3. The summed E-state index contributed by atoms with van der Waals surface area (Å²) in [7, 11) is 0. The summed E-state index contributed by atoms with van der Waals surface area (Å²) in [5, 5.41) is 2.99. The number of nitrogens with one attached hydrogen (secondary N) is 1. The molecule has 1 heterocycles. The molecule has 2 aromatic rings. The quantitative estimate of drug-likeness (QED) is 0.333. The number of nitrogens with zero attached hydrogens (tertiary/aromatic N) is 1. The van der Waals surface area contributed by atoms with Crippen LogP contribution in [0.15, 0.2) is 35.9 Å². The first kappa shape index (κ1) is 25.9. The van der Waals surface area contributed by atoms with Crippen LogP contribution in [-0.4, -0.2) is 25.8 Å². The van der Waals surface area contributed by atoms with Crippen molar-refractivity contribution >= 4 is 23.5 Å². The molecule has 0 aromatic heterocycles. The molecule has 198 valence electrons. The summed E-state index contributed by atoms with van der Waals surface area (Å²) in [6, 6.07) is 11.1. The third-order valence-corrected chi connectivity index (χ3v) is 8.56. The maximum atomic E-state index is 12.7. The summed E-state index contributed by atoms with van der Waals surface area (Å²) >= 11 is 0. The lowest BCUT2D eigenvalue weighted by Gasteiger charge is -2.31. The minimum absolute atomic E-state index is 0.159. The van der Waals surface area contributed by atoms with Gasteiger partial charge in [-0.2, -0.15) is 0 Å². The van der Waals surface area contributed by atoms with E-state index in [2.05, 4.69) is 54.4 Å². The second kappa shape index (κ2) is 12.2. The smallest absolute Gasteiger partial charge is 0.411 e. The summed E-state index contributed by atoms with van der Waals surface area (Å²) in [6.45, 7) is 7.08. The molecule has 2 aromatic carbocycles. The van der Waals surface area contributed by atoms with Crippen molar-refractivity contribution in [3.63, 3.8) is 0 Å². The predicted octanol–water partition coefficient (Wildman–Crippen LogP) is 8.43. The maximum absolute atomic E-state index is 12.7. The minimum Gasteiger partial charge on any atom is -0.448 e. The average Bonchev–Trinajstić information content (AvgIpc) is 3.21. The molecule has 1 atom stereocenters. The van der Waals surface area contributed by atoms with Crippen LogP contribution in [0.2, 0.25) is 0 Å². The molecular formula is C33H44N2O2. The number of rotatable bonds is 10. The fraction of sp³-hybridized carbons (Fsp3) is 0.545. The Hall–Kier alpha value is -2.75. The fourth-order valence-corrected chi connectivity index (χ4v) is 6.44. The molecule has 3 aliphatic rings. The molecule has 5 rings (SSSR count). The van der Waals surface area contributed by atoms with Crippen LogP contribution in [0.5, 0.6) is 0 Å². The van der Waals surface area contributed by atoms with E-state index in [1.165, 1.54) is 110 Å². The summed E-state index contributed by atoms with van der Waals surface area (Å²) in [5.74, 6) is 0.159. The zero-order valence-corrected chi connectivity index (χ0v) is 22.9. The Balaban J connectivity index is 1.14. The zero-order valence-electron chi connectivity index (χ0n) is 22.9. The molecule has 2 aliphatic carbocycles. The van der Waals surface area contributed by atoms with Crippen LogP contribution in [0, 0.1) is 0 Å². The Morgan fingerprint density at radius 3 is 2.54 bits per heavy atom. The number of anilines is 2. The third-order valence-electron chi connectivity index (χ3n) is 8.56. The van der Waals surface area contributed by atoms with E-state index in [-0.39, 0.29) is 12.0 Å². The molecule has 0 saturated heterocycles. The van der Waals surface area contributed by atoms with E-state index in [0.29, 0.717) is 6.61 Å². The molecule has 1 unspecified atom stereocenters. The molecule has 0 spiro atoms. The van der Waals surface area contributed by atoms with Gasteiger partial charge in [0.2, 0.25) is 0 Å². The SMILES string of the molecule is CCCCCCCCN1CCCc2cc(NC(=O)OCC3C(C)=Cc4cc5c(cc43)CCCC5)ccc21. The lowest BCUT2D eigenvalue weighted by molar-refractivity contribution is 0.158. The molecule has 4 heteroatoms. The van der Waals surface area contributed by atoms with Crippen molar-refractivity contribution in [1.29, 1.82) is 0 Å². The summed E-state index contributed by atoms with van der Waals surface area (Å²) in [4.78, 5) is 15.3. The van der Waals surface area contributed by atoms with E-state index in [1.54, 1.807) is 0 Å². The summed E-state index contributed by atoms with van der Waals surface area (Å²) < 4.78 is 5.76. The number of carbonyl (C=O) groups excluding carboxylic acids is 1. The van der Waals surface area contributed by atoms with Crippen LogP contribution >= 0.6 is 0 Å². The van der Waals surface area contributed by atoms with Crippen LogP contribution in [0.3, 0.4) is 0 Å². The molecule has 4 nitrogen and oxygen atoms in total. The summed E-state index contributed by atoms with van der Waals surface area (Å²) in [5.41, 5.74) is 10.4. The number of hydrogen-bond donors (Lipinski definition) is 1. The Kier molecular flexibility index (Phi) is 8.53. The molecule has 0 bridgehead atoms. The molecule has 0 saturated carbocycles. The van der Waals surface area contributed by atoms with Gasteiger partial charge in [0.1, 0.15) is 6.61 Å². The zero-order chi connectivity index (χ0) is 25.6. The average molecular weight is 501 g/mol. The van der Waals surface area contributed by atoms with Gasteiger partial charge in [0.15, 0.2) is 0 Å². The van der Waals surface area contributed by atoms with Crippen LogP contribution in [0.4, 0.5) is 16.2 Å². The van der Waals surface area contributed by atoms with Gasteiger partial charge in [-0.05, 0) is 97.9 Å². The predicted molar refractivity (Wildman–Crippen MR) is 155 cm³/mol. The van der Waals surface area contributed by atoms with E-state index in [0.717, 1.165) is 25.2 Å². The van der Waals surface area contributed by atoms with E-state index < -0.39 is 0 Å². The second-order valence-electron chi connectivity index (χ2n) is 11.3. The highest BCUT2D eigenvalue weighted by molar-refractivity contribution is 5.85. The molecule has 37 heavy (non-hydrogen) atoms. The van der Waals surface area contributed by atoms with Crippen molar-refractivity contribution in [2.75, 3.05) is 29.9 Å². The fourth-order valence-electron chi connectivity index (χ4n) is 6.44. The van der Waals surface area contributed by atoms with Gasteiger partial charge < -0.3 is 9.64 Å². The number of amides is 1. The molecular weight excluding hydrogens is 456 g/mol. The highest BCUT2D eigenvalue weighted by Gasteiger charge is 2.26. The standard InChI is InChI=1S/C33H44N2O2/c1-3-4-5-6-7-10-17-35-18-11-14-27-21-29(15-16-32(27)35)34-33(36)37-23-31-24(2)19-28-20-25-12-8-9-13-26(25)22-30(28)31/h15-16,19-22,31H,3-14,17-18,23H2,1-2H3,(H,34,36). The number of unbranched alkanes of at least 4 members (excludes halogenated alkanes) is 5. The van der Waals surface area contributed by atoms with Crippen LogP contribution in [0.25, 0.3) is 6.08 Å². The van der Waals surface area contributed by atoms with Gasteiger partial charge in [-0.25, -0.2) is 4.79 Å². The van der Waals surface area contributed by atoms with Gasteiger partial charge in [0.05, 0.1) is 0 Å². The van der Waals surface area contributed by atoms with Gasteiger partial charge in [-0.3, -0.25) is 5.32 Å². The van der Waals surface area contributed by atoms with Crippen LogP contribution in [0.1, 0.15) is 105 Å². The molecule has 0 radical (unpaired) electrons. The molecule has 1 N–H and O–H groups in total. The highest BCUT2D eigenvalue weighted by atomic mass is 16.5. The minimum atomic E-state index is -0.362. The van der Waals surface area contributed by atoms with Gasteiger partial charge in [0.25, 0.3) is 0 Å². The maximum Gasteiger partial charge on any atom is 0.411 e. The molecule has 1 aliphatic heterocycles. The van der Waals surface area contributed by atoms with Crippen molar-refractivity contribution < 1.29 is 9.53 Å². The van der Waals surface area contributed by atoms with Crippen molar-refractivity contribution in [3.8, 4) is 0 Å². The van der Waals surface area contributed by atoms with Gasteiger partial charge >= 0.3 is 6.09 Å². The van der Waals surface area contributed by atoms with Crippen LogP contribution in [-0.2, 0) is 24.0 Å². The van der Waals surface area contributed by atoms with Crippen molar-refractivity contribution in [3.05, 3.63) is 63.7 Å². The highest BCUT2D eigenvalue weighted by Crippen LogP contribution is 2.39. The van der Waals surface area contributed by atoms with Gasteiger partial charge in [-0.15, -0.1) is 0 Å². The van der Waals surface area contributed by atoms with Crippen LogP contribution < -0.4 is 10.2 Å². The molecule has 0 fully saturated rings. The van der Waals surface area contributed by atoms with E-state index >= 15 is 0 Å². The Bertz CT molecular complexity index is 1140. The van der Waals surface area contributed by atoms with Crippen molar-refractivity contribution in [2.24, 2.45) is 0 Å². The third kappa shape index (κ3) is 6.22. The first-order chi connectivity index (χ1) is 18.1. The largest absolute Gasteiger partial charge is 0.448 e.